The second kappa shape index (κ2) is 7.31. The lowest BCUT2D eigenvalue weighted by Crippen LogP contribution is -2.43. The zero-order valence-corrected chi connectivity index (χ0v) is 15.4. The summed E-state index contributed by atoms with van der Waals surface area (Å²) < 4.78 is 32.2. The van der Waals surface area contributed by atoms with Crippen LogP contribution in [-0.2, 0) is 14.8 Å². The number of amides is 1. The zero-order chi connectivity index (χ0) is 17.8. The van der Waals surface area contributed by atoms with E-state index < -0.39 is 10.0 Å². The highest BCUT2D eigenvalue weighted by molar-refractivity contribution is 7.89. The Morgan fingerprint density at radius 2 is 1.87 bits per heavy atom. The van der Waals surface area contributed by atoms with E-state index in [4.69, 9.17) is 4.74 Å². The molecular formula is C16H26N2O4S. The monoisotopic (exact) mass is 342 g/mol. The van der Waals surface area contributed by atoms with Crippen LogP contribution in [0.3, 0.4) is 0 Å². The van der Waals surface area contributed by atoms with Crippen LogP contribution in [-0.4, -0.2) is 32.5 Å². The molecule has 0 unspecified atom stereocenters. The highest BCUT2D eigenvalue weighted by Gasteiger charge is 2.17. The minimum absolute atomic E-state index is 0.117. The van der Waals surface area contributed by atoms with Gasteiger partial charge in [0.25, 0.3) is 5.91 Å². The standard InChI is InChI=1S/C16H26N2O4S/c1-11(2)18-23(20,21)13-7-8-14(12(3)9-13)22-10-15(19)17-16(4,5)6/h7-9,11,18H,10H2,1-6H3,(H,17,19). The van der Waals surface area contributed by atoms with Gasteiger partial charge < -0.3 is 10.1 Å². The summed E-state index contributed by atoms with van der Waals surface area (Å²) in [5, 5.41) is 2.80. The molecule has 0 aliphatic heterocycles. The van der Waals surface area contributed by atoms with Gasteiger partial charge in [0.1, 0.15) is 5.75 Å². The Morgan fingerprint density at radius 3 is 2.35 bits per heavy atom. The molecule has 0 radical (unpaired) electrons. The Kier molecular flexibility index (Phi) is 6.18. The van der Waals surface area contributed by atoms with Crippen LogP contribution in [0.1, 0.15) is 40.2 Å². The highest BCUT2D eigenvalue weighted by Crippen LogP contribution is 2.22. The Balaban J connectivity index is 2.80. The van der Waals surface area contributed by atoms with Gasteiger partial charge in [0, 0.05) is 11.6 Å². The number of sulfonamides is 1. The normalized spacial score (nSPS) is 12.3. The van der Waals surface area contributed by atoms with E-state index in [2.05, 4.69) is 10.0 Å². The summed E-state index contributed by atoms with van der Waals surface area (Å²) in [6.45, 7) is 10.8. The van der Waals surface area contributed by atoms with Gasteiger partial charge in [-0.3, -0.25) is 4.79 Å². The second-order valence-corrected chi connectivity index (χ2v) is 8.50. The summed E-state index contributed by atoms with van der Waals surface area (Å²) in [5.74, 6) is 0.257. The van der Waals surface area contributed by atoms with E-state index in [1.807, 2.05) is 20.8 Å². The molecule has 23 heavy (non-hydrogen) atoms. The number of aryl methyl sites for hydroxylation is 1. The van der Waals surface area contributed by atoms with E-state index >= 15 is 0 Å². The van der Waals surface area contributed by atoms with E-state index in [-0.39, 0.29) is 29.0 Å². The van der Waals surface area contributed by atoms with Crippen LogP contribution in [0, 0.1) is 6.92 Å². The number of benzene rings is 1. The molecule has 0 spiro atoms. The van der Waals surface area contributed by atoms with Gasteiger partial charge >= 0.3 is 0 Å². The maximum Gasteiger partial charge on any atom is 0.258 e. The number of nitrogens with one attached hydrogen (secondary N) is 2. The van der Waals surface area contributed by atoms with Crippen LogP contribution < -0.4 is 14.8 Å². The molecule has 0 fully saturated rings. The molecule has 0 saturated heterocycles. The van der Waals surface area contributed by atoms with Crippen molar-refractivity contribution in [3.05, 3.63) is 23.8 Å². The van der Waals surface area contributed by atoms with Crippen LogP contribution in [0.25, 0.3) is 0 Å². The average molecular weight is 342 g/mol. The van der Waals surface area contributed by atoms with Crippen molar-refractivity contribution in [2.24, 2.45) is 0 Å². The number of rotatable bonds is 6. The van der Waals surface area contributed by atoms with Crippen molar-refractivity contribution in [3.63, 3.8) is 0 Å². The maximum atomic E-state index is 12.1. The number of carbonyl (C=O) groups is 1. The molecule has 0 aliphatic carbocycles. The summed E-state index contributed by atoms with van der Waals surface area (Å²) in [5.41, 5.74) is 0.329. The van der Waals surface area contributed by atoms with Crippen LogP contribution >= 0.6 is 0 Å². The first-order chi connectivity index (χ1) is 10.4. The molecule has 0 heterocycles. The molecule has 7 heteroatoms. The predicted octanol–water partition coefficient (Wildman–Crippen LogP) is 1.98. The van der Waals surface area contributed by atoms with Crippen molar-refractivity contribution in [2.75, 3.05) is 6.61 Å². The molecule has 0 saturated carbocycles. The van der Waals surface area contributed by atoms with E-state index in [9.17, 15) is 13.2 Å². The van der Waals surface area contributed by atoms with Gasteiger partial charge in [-0.15, -0.1) is 0 Å². The van der Waals surface area contributed by atoms with Gasteiger partial charge in [0.15, 0.2) is 6.61 Å². The van der Waals surface area contributed by atoms with Gasteiger partial charge in [-0.1, -0.05) is 0 Å². The Hall–Kier alpha value is -1.60. The number of hydrogen-bond donors (Lipinski definition) is 2. The summed E-state index contributed by atoms with van der Waals surface area (Å²) in [4.78, 5) is 11.9. The van der Waals surface area contributed by atoms with Gasteiger partial charge in [0.05, 0.1) is 4.90 Å². The van der Waals surface area contributed by atoms with Crippen LogP contribution in [0.4, 0.5) is 0 Å². The van der Waals surface area contributed by atoms with Crippen molar-refractivity contribution in [1.29, 1.82) is 0 Å². The predicted molar refractivity (Wildman–Crippen MR) is 90.0 cm³/mol. The second-order valence-electron chi connectivity index (χ2n) is 6.79. The summed E-state index contributed by atoms with van der Waals surface area (Å²) in [6.07, 6.45) is 0. The summed E-state index contributed by atoms with van der Waals surface area (Å²) >= 11 is 0. The molecule has 1 amide bonds. The average Bonchev–Trinajstić information content (AvgIpc) is 2.33. The quantitative estimate of drug-likeness (QED) is 0.828. The van der Waals surface area contributed by atoms with Gasteiger partial charge in [0.2, 0.25) is 10.0 Å². The largest absolute Gasteiger partial charge is 0.484 e. The van der Waals surface area contributed by atoms with Crippen molar-refractivity contribution in [3.8, 4) is 5.75 Å². The third-order valence-corrected chi connectivity index (χ3v) is 4.38. The lowest BCUT2D eigenvalue weighted by Gasteiger charge is -2.20. The molecule has 1 aromatic rings. The Labute approximate surface area is 138 Å². The highest BCUT2D eigenvalue weighted by atomic mass is 32.2. The summed E-state index contributed by atoms with van der Waals surface area (Å²) in [6, 6.07) is 4.38. The van der Waals surface area contributed by atoms with Gasteiger partial charge in [-0.2, -0.15) is 0 Å². The van der Waals surface area contributed by atoms with Crippen LogP contribution in [0.5, 0.6) is 5.75 Å². The number of carbonyl (C=O) groups excluding carboxylic acids is 1. The fourth-order valence-electron chi connectivity index (χ4n) is 1.93. The topological polar surface area (TPSA) is 84.5 Å². The molecule has 1 rings (SSSR count). The lowest BCUT2D eigenvalue weighted by atomic mass is 10.1. The van der Waals surface area contributed by atoms with Crippen molar-refractivity contribution < 1.29 is 17.9 Å². The molecule has 130 valence electrons. The molecule has 0 aromatic heterocycles. The fraction of sp³-hybridized carbons (Fsp3) is 0.562. The van der Waals surface area contributed by atoms with E-state index in [0.717, 1.165) is 0 Å². The molecule has 6 nitrogen and oxygen atoms in total. The Bertz CT molecular complexity index is 661. The zero-order valence-electron chi connectivity index (χ0n) is 14.6. The van der Waals surface area contributed by atoms with E-state index in [1.165, 1.54) is 12.1 Å². The van der Waals surface area contributed by atoms with Gasteiger partial charge in [-0.25, -0.2) is 13.1 Å². The minimum Gasteiger partial charge on any atom is -0.484 e. The molecule has 0 atom stereocenters. The third-order valence-electron chi connectivity index (χ3n) is 2.72. The van der Waals surface area contributed by atoms with Gasteiger partial charge in [-0.05, 0) is 65.3 Å². The van der Waals surface area contributed by atoms with Crippen molar-refractivity contribution >= 4 is 15.9 Å². The molecule has 0 bridgehead atoms. The first-order valence-corrected chi connectivity index (χ1v) is 8.96. The summed E-state index contributed by atoms with van der Waals surface area (Å²) in [7, 11) is -3.54. The molecule has 0 aliphatic rings. The number of ether oxygens (including phenoxy) is 1. The van der Waals surface area contributed by atoms with E-state index in [0.29, 0.717) is 11.3 Å². The number of hydrogen-bond acceptors (Lipinski definition) is 4. The first kappa shape index (κ1) is 19.4. The molecular weight excluding hydrogens is 316 g/mol. The third kappa shape index (κ3) is 6.58. The van der Waals surface area contributed by atoms with E-state index in [1.54, 1.807) is 26.8 Å². The SMILES string of the molecule is Cc1cc(S(=O)(=O)NC(C)C)ccc1OCC(=O)NC(C)(C)C. The first-order valence-electron chi connectivity index (χ1n) is 7.47. The smallest absolute Gasteiger partial charge is 0.258 e. The minimum atomic E-state index is -3.54. The molecule has 1 aromatic carbocycles. The fourth-order valence-corrected chi connectivity index (χ4v) is 3.26. The van der Waals surface area contributed by atoms with Crippen molar-refractivity contribution in [2.45, 2.75) is 58.0 Å². The Morgan fingerprint density at radius 1 is 1.26 bits per heavy atom. The van der Waals surface area contributed by atoms with Crippen molar-refractivity contribution in [1.82, 2.24) is 10.0 Å². The molecule has 2 N–H and O–H groups in total. The lowest BCUT2D eigenvalue weighted by molar-refractivity contribution is -0.124. The van der Waals surface area contributed by atoms with Crippen LogP contribution in [0.2, 0.25) is 0 Å². The maximum absolute atomic E-state index is 12.1. The van der Waals surface area contributed by atoms with Crippen LogP contribution in [0.15, 0.2) is 23.1 Å².